The second kappa shape index (κ2) is 12.6. The van der Waals surface area contributed by atoms with E-state index in [1.165, 1.54) is 9.91 Å². The fraction of sp³-hybridized carbons (Fsp3) is 0.212. The molecule has 4 aromatic rings. The zero-order chi connectivity index (χ0) is 28.2. The fourth-order valence-electron chi connectivity index (χ4n) is 5.26. The second-order valence-electron chi connectivity index (χ2n) is 10.3. The molecule has 6 rings (SSSR count). The van der Waals surface area contributed by atoms with Crippen LogP contribution in [0.2, 0.25) is 0 Å². The Labute approximate surface area is 251 Å². The van der Waals surface area contributed by atoms with Crippen LogP contribution >= 0.6 is 11.3 Å². The summed E-state index contributed by atoms with van der Waals surface area (Å²) in [7, 11) is 0. The van der Waals surface area contributed by atoms with Gasteiger partial charge in [-0.3, -0.25) is 0 Å². The van der Waals surface area contributed by atoms with Crippen molar-refractivity contribution in [2.45, 2.75) is 19.5 Å². The van der Waals surface area contributed by atoms with Gasteiger partial charge in [-0.2, -0.15) is 0 Å². The van der Waals surface area contributed by atoms with Gasteiger partial charge in [0.25, 0.3) is 0 Å². The molecule has 41 heavy (non-hydrogen) atoms. The number of benzene rings is 3. The molecule has 2 atom stereocenters. The predicted molar refractivity (Wildman–Crippen MR) is 168 cm³/mol. The summed E-state index contributed by atoms with van der Waals surface area (Å²) in [5.41, 5.74) is 6.17. The van der Waals surface area contributed by atoms with E-state index in [0.29, 0.717) is 11.1 Å². The number of carbonyl (C=O) groups is 2. The molecule has 2 aliphatic heterocycles. The van der Waals surface area contributed by atoms with Crippen molar-refractivity contribution >= 4 is 58.9 Å². The Morgan fingerprint density at radius 3 is 2.63 bits per heavy atom. The van der Waals surface area contributed by atoms with Crippen LogP contribution in [-0.4, -0.2) is 58.8 Å². The summed E-state index contributed by atoms with van der Waals surface area (Å²) in [4.78, 5) is 29.2. The van der Waals surface area contributed by atoms with Crippen LogP contribution < -0.4 is 15.0 Å². The number of morpholine rings is 1. The van der Waals surface area contributed by atoms with E-state index < -0.39 is 15.8 Å². The van der Waals surface area contributed by atoms with Gasteiger partial charge in [0.2, 0.25) is 0 Å². The van der Waals surface area contributed by atoms with E-state index in [4.69, 9.17) is 4.74 Å². The van der Waals surface area contributed by atoms with E-state index in [2.05, 4.69) is 56.6 Å². The van der Waals surface area contributed by atoms with Crippen molar-refractivity contribution in [3.8, 4) is 0 Å². The molecule has 0 spiro atoms. The van der Waals surface area contributed by atoms with Crippen molar-refractivity contribution in [2.24, 2.45) is 0 Å². The molecule has 1 aromatic heterocycles. The summed E-state index contributed by atoms with van der Waals surface area (Å²) in [6.07, 6.45) is 0. The monoisotopic (exact) mass is 625 g/mol. The Morgan fingerprint density at radius 2 is 1.85 bits per heavy atom. The first-order valence-electron chi connectivity index (χ1n) is 13.8. The van der Waals surface area contributed by atoms with E-state index in [0.717, 1.165) is 59.6 Å². The topological polar surface area (TPSA) is 70.7 Å². The first kappa shape index (κ1) is 27.7. The van der Waals surface area contributed by atoms with Gasteiger partial charge in [0.05, 0.1) is 0 Å². The van der Waals surface area contributed by atoms with Crippen molar-refractivity contribution < 1.29 is 14.3 Å². The van der Waals surface area contributed by atoms with E-state index >= 15 is 0 Å². The molecule has 1 unspecified atom stereocenters. The Kier molecular flexibility index (Phi) is 8.49. The Hall–Kier alpha value is -3.48. The molecule has 2 N–H and O–H groups in total. The molecule has 3 aromatic carbocycles. The molecular formula is C33H32AsN3O3S. The summed E-state index contributed by atoms with van der Waals surface area (Å²) in [6, 6.07) is 26.1. The molecule has 1 saturated heterocycles. The van der Waals surface area contributed by atoms with Crippen LogP contribution in [0.1, 0.15) is 45.6 Å². The molecule has 3 heterocycles. The Morgan fingerprint density at radius 1 is 1.02 bits per heavy atom. The van der Waals surface area contributed by atoms with E-state index in [1.807, 2.05) is 49.4 Å². The zero-order valence-corrected chi connectivity index (χ0v) is 25.8. The van der Waals surface area contributed by atoms with Crippen molar-refractivity contribution in [1.29, 1.82) is 0 Å². The average molecular weight is 626 g/mol. The van der Waals surface area contributed by atoms with Crippen LogP contribution in [0.4, 0.5) is 5.69 Å². The summed E-state index contributed by atoms with van der Waals surface area (Å²) in [6.45, 7) is 6.33. The molecule has 0 radical (unpaired) electrons. The third-order valence-corrected chi connectivity index (χ3v) is 11.0. The van der Waals surface area contributed by atoms with Gasteiger partial charge in [-0.05, 0) is 0 Å². The number of thiophene rings is 1. The number of anilines is 1. The maximum absolute atomic E-state index is 13.5. The molecule has 8 heteroatoms. The van der Waals surface area contributed by atoms with Crippen molar-refractivity contribution in [3.05, 3.63) is 117 Å². The summed E-state index contributed by atoms with van der Waals surface area (Å²) in [5, 5.41) is 10.3. The number of rotatable bonds is 8. The minimum atomic E-state index is -0.865. The molecule has 0 aliphatic carbocycles. The van der Waals surface area contributed by atoms with Crippen molar-refractivity contribution in [1.82, 2.24) is 10.2 Å². The van der Waals surface area contributed by atoms with Gasteiger partial charge in [-0.15, -0.1) is 0 Å². The van der Waals surface area contributed by atoms with Crippen LogP contribution in [-0.2, 0) is 16.1 Å². The number of carbonyl (C=O) groups excluding carboxylic acids is 2. The molecule has 1 fully saturated rings. The number of hydrogen-bond donors (Lipinski definition) is 2. The third kappa shape index (κ3) is 6.39. The summed E-state index contributed by atoms with van der Waals surface area (Å²) in [5.74, 6) is -0.267. The SMILES string of the molecule is C[C@@H](NC(=O)c1ccc2c(c1)/C(=C(/[AsH]c1cccc(CN3CCOCC3)c1)c1ccsc1)C(=O)N2)c1ccccc1. The first-order valence-corrected chi connectivity index (χ1v) is 16.8. The van der Waals surface area contributed by atoms with Crippen LogP contribution in [0, 0.1) is 0 Å². The molecule has 208 valence electrons. The molecule has 0 saturated carbocycles. The third-order valence-electron chi connectivity index (χ3n) is 7.44. The van der Waals surface area contributed by atoms with E-state index in [9.17, 15) is 9.59 Å². The van der Waals surface area contributed by atoms with Gasteiger partial charge in [-0.25, -0.2) is 0 Å². The minimum absolute atomic E-state index is 0.107. The Bertz CT molecular complexity index is 1580. The molecule has 2 aliphatic rings. The van der Waals surface area contributed by atoms with Gasteiger partial charge >= 0.3 is 252 Å². The van der Waals surface area contributed by atoms with E-state index in [-0.39, 0.29) is 17.9 Å². The molecule has 0 bridgehead atoms. The van der Waals surface area contributed by atoms with Crippen LogP contribution in [0.25, 0.3) is 9.93 Å². The van der Waals surface area contributed by atoms with Crippen molar-refractivity contribution in [3.63, 3.8) is 0 Å². The number of hydrogen-bond acceptors (Lipinski definition) is 5. The maximum atomic E-state index is 13.5. The van der Waals surface area contributed by atoms with Gasteiger partial charge in [0.1, 0.15) is 0 Å². The first-order chi connectivity index (χ1) is 20.0. The summed E-state index contributed by atoms with van der Waals surface area (Å²) < 4.78 is 7.87. The zero-order valence-electron chi connectivity index (χ0n) is 22.9. The normalized spacial score (nSPS) is 17.3. The van der Waals surface area contributed by atoms with Crippen LogP contribution in [0.15, 0.2) is 89.6 Å². The molecule has 2 amide bonds. The van der Waals surface area contributed by atoms with Gasteiger partial charge in [0.15, 0.2) is 0 Å². The van der Waals surface area contributed by atoms with Crippen molar-refractivity contribution in [2.75, 3.05) is 31.6 Å². The van der Waals surface area contributed by atoms with E-state index in [1.54, 1.807) is 17.4 Å². The Balaban J connectivity index is 1.31. The van der Waals surface area contributed by atoms with Crippen LogP contribution in [0.5, 0.6) is 0 Å². The molecule has 6 nitrogen and oxygen atoms in total. The van der Waals surface area contributed by atoms with Gasteiger partial charge < -0.3 is 0 Å². The number of fused-ring (bicyclic) bond motifs is 1. The fourth-order valence-corrected chi connectivity index (χ4v) is 9.06. The van der Waals surface area contributed by atoms with Gasteiger partial charge in [0, 0.05) is 0 Å². The second-order valence-corrected chi connectivity index (χ2v) is 13.9. The molecular weight excluding hydrogens is 593 g/mol. The summed E-state index contributed by atoms with van der Waals surface area (Å²) >= 11 is 0.765. The quantitative estimate of drug-likeness (QED) is 0.221. The van der Waals surface area contributed by atoms with Gasteiger partial charge in [-0.1, -0.05) is 0 Å². The average Bonchev–Trinajstić information content (AvgIpc) is 3.64. The predicted octanol–water partition coefficient (Wildman–Crippen LogP) is 4.65. The number of ether oxygens (including phenoxy) is 1. The number of nitrogens with zero attached hydrogens (tertiary/aromatic N) is 1. The van der Waals surface area contributed by atoms with Crippen LogP contribution in [0.3, 0.4) is 0 Å². The number of nitrogens with one attached hydrogen (secondary N) is 2. The standard InChI is InChI=1S/C33H32AsN3O3S/c1-22(24-7-3-2-4-8-24)35-32(38)25-10-11-29-28(19-25)30(33(39)36-29)31(26-12-17-41-21-26)34-27-9-5-6-23(18-27)20-37-13-15-40-16-14-37/h2-12,17-19,21-22,34H,13-16,20H2,1H3,(H,35,38)(H,36,39)/b31-30-/t22-/m1/s1. The number of amides is 2.